The van der Waals surface area contributed by atoms with E-state index in [1.807, 2.05) is 18.2 Å². The van der Waals surface area contributed by atoms with Crippen LogP contribution < -0.4 is 0 Å². The number of aryl methyl sites for hydroxylation is 1. The average Bonchev–Trinajstić information content (AvgIpc) is 2.39. The van der Waals surface area contributed by atoms with E-state index in [-0.39, 0.29) is 0 Å². The third-order valence-corrected chi connectivity index (χ3v) is 3.04. The van der Waals surface area contributed by atoms with Gasteiger partial charge < -0.3 is 19.8 Å². The molecule has 0 aliphatic carbocycles. The molecule has 0 amide bonds. The van der Waals surface area contributed by atoms with Gasteiger partial charge in [-0.15, -0.1) is 0 Å². The molecule has 4 nitrogen and oxygen atoms in total. The van der Waals surface area contributed by atoms with Gasteiger partial charge in [0.2, 0.25) is 0 Å². The van der Waals surface area contributed by atoms with Crippen molar-refractivity contribution in [2.75, 3.05) is 0 Å². The van der Waals surface area contributed by atoms with Crippen LogP contribution in [0.1, 0.15) is 57.4 Å². The molecule has 5 heteroatoms. The molecule has 0 unspecified atom stereocenters. The molecule has 1 rings (SSSR count). The summed E-state index contributed by atoms with van der Waals surface area (Å²) in [7, 11) is -2.62. The Morgan fingerprint density at radius 2 is 1.35 bits per heavy atom. The summed E-state index contributed by atoms with van der Waals surface area (Å²) in [5.41, 5.74) is 1.09. The Kier molecular flexibility index (Phi) is 12.9. The lowest BCUT2D eigenvalue weighted by Crippen LogP contribution is -1.87. The first kappa shape index (κ1) is 19.3. The molecule has 20 heavy (non-hydrogen) atoms. The van der Waals surface area contributed by atoms with Gasteiger partial charge in [-0.05, 0) is 24.5 Å². The van der Waals surface area contributed by atoms with Crippen molar-refractivity contribution in [2.24, 2.45) is 0 Å². The van der Waals surface area contributed by atoms with Crippen LogP contribution in [0.2, 0.25) is 0 Å². The molecule has 1 aromatic rings. The Labute approximate surface area is 123 Å². The minimum Gasteiger partial charge on any atom is -0.508 e. The molecule has 116 valence electrons. The first-order valence-electron chi connectivity index (χ1n) is 7.21. The zero-order valence-corrected chi connectivity index (χ0v) is 13.1. The number of aromatic hydroxyl groups is 1. The number of benzene rings is 1. The zero-order valence-electron chi connectivity index (χ0n) is 12.2. The highest BCUT2D eigenvalue weighted by Crippen LogP contribution is 2.18. The highest BCUT2D eigenvalue weighted by molar-refractivity contribution is 7.38. The summed E-state index contributed by atoms with van der Waals surface area (Å²) in [5, 5.41) is 9.58. The molecule has 0 radical (unpaired) electrons. The van der Waals surface area contributed by atoms with Gasteiger partial charge in [0.1, 0.15) is 5.75 Å². The second-order valence-corrected chi connectivity index (χ2v) is 5.31. The minimum absolute atomic E-state index is 0.452. The van der Waals surface area contributed by atoms with Crippen molar-refractivity contribution in [1.82, 2.24) is 0 Å². The van der Waals surface area contributed by atoms with E-state index in [2.05, 4.69) is 6.92 Å². The highest BCUT2D eigenvalue weighted by atomic mass is 31.2. The van der Waals surface area contributed by atoms with Crippen LogP contribution in [0.15, 0.2) is 24.3 Å². The number of unbranched alkanes of at least 4 members (excludes halogenated alkanes) is 6. The monoisotopic (exact) mass is 302 g/mol. The van der Waals surface area contributed by atoms with Gasteiger partial charge in [0.25, 0.3) is 0 Å². The summed E-state index contributed by atoms with van der Waals surface area (Å²) >= 11 is 0. The maximum Gasteiger partial charge on any atom is 0.324 e. The van der Waals surface area contributed by atoms with Crippen molar-refractivity contribution < 1.29 is 19.8 Å². The van der Waals surface area contributed by atoms with Crippen LogP contribution >= 0.6 is 8.60 Å². The largest absolute Gasteiger partial charge is 0.508 e. The van der Waals surface area contributed by atoms with Crippen molar-refractivity contribution in [3.63, 3.8) is 0 Å². The normalized spacial score (nSPS) is 10.2. The minimum atomic E-state index is -2.62. The number of hydrogen-bond acceptors (Lipinski definition) is 4. The molecule has 0 aromatic heterocycles. The van der Waals surface area contributed by atoms with Gasteiger partial charge in [-0.25, -0.2) is 0 Å². The zero-order chi connectivity index (χ0) is 15.2. The number of phenolic OH excluding ortho intramolecular Hbond substituents is 1. The molecule has 0 bridgehead atoms. The fourth-order valence-corrected chi connectivity index (χ4v) is 1.99. The van der Waals surface area contributed by atoms with Crippen LogP contribution in [-0.4, -0.2) is 19.8 Å². The van der Waals surface area contributed by atoms with E-state index in [0.717, 1.165) is 12.0 Å². The second-order valence-electron chi connectivity index (χ2n) is 4.77. The summed E-state index contributed by atoms with van der Waals surface area (Å²) in [6.07, 6.45) is 10.3. The predicted molar refractivity (Wildman–Crippen MR) is 83.4 cm³/mol. The van der Waals surface area contributed by atoms with Crippen LogP contribution in [0.5, 0.6) is 5.75 Å². The molecule has 0 aliphatic heterocycles. The molecule has 0 heterocycles. The maximum absolute atomic E-state index is 9.58. The van der Waals surface area contributed by atoms with Gasteiger partial charge in [0.05, 0.1) is 0 Å². The van der Waals surface area contributed by atoms with Crippen molar-refractivity contribution in [1.29, 1.82) is 0 Å². The van der Waals surface area contributed by atoms with Gasteiger partial charge in [0.15, 0.2) is 0 Å². The molecule has 0 atom stereocenters. The lowest BCUT2D eigenvalue weighted by molar-refractivity contribution is 0.368. The SMILES string of the molecule is CCCCCCCCCc1ccccc1O.OP(O)O. The summed E-state index contributed by atoms with van der Waals surface area (Å²) in [4.78, 5) is 21.7. The molecule has 1 aromatic carbocycles. The van der Waals surface area contributed by atoms with E-state index in [1.165, 1.54) is 44.9 Å². The maximum atomic E-state index is 9.58. The van der Waals surface area contributed by atoms with Gasteiger partial charge in [0, 0.05) is 0 Å². The second kappa shape index (κ2) is 13.3. The average molecular weight is 302 g/mol. The number of hydrogen-bond donors (Lipinski definition) is 4. The highest BCUT2D eigenvalue weighted by Gasteiger charge is 1.98. The van der Waals surface area contributed by atoms with E-state index < -0.39 is 8.60 Å². The Balaban J connectivity index is 0.000000796. The van der Waals surface area contributed by atoms with Crippen molar-refractivity contribution >= 4 is 8.60 Å². The van der Waals surface area contributed by atoms with Crippen LogP contribution in [-0.2, 0) is 6.42 Å². The molecule has 0 spiro atoms. The lowest BCUT2D eigenvalue weighted by Gasteiger charge is -2.04. The molecule has 0 fully saturated rings. The van der Waals surface area contributed by atoms with Crippen molar-refractivity contribution in [3.8, 4) is 5.75 Å². The molecule has 4 N–H and O–H groups in total. The summed E-state index contributed by atoms with van der Waals surface area (Å²) < 4.78 is 0. The molecule has 0 aliphatic rings. The Morgan fingerprint density at radius 3 is 1.90 bits per heavy atom. The van der Waals surface area contributed by atoms with Crippen molar-refractivity contribution in [2.45, 2.75) is 58.3 Å². The Bertz CT molecular complexity index is 329. The van der Waals surface area contributed by atoms with Gasteiger partial charge in [-0.3, -0.25) is 0 Å². The molecular formula is C15H27O4P. The third-order valence-electron chi connectivity index (χ3n) is 3.04. The smallest absolute Gasteiger partial charge is 0.324 e. The standard InChI is InChI=1S/C15H24O.H3O3P/c1-2-3-4-5-6-7-8-11-14-12-9-10-13-15(14)16;1-4(2)3/h9-10,12-13,16H,2-8,11H2,1H3;1-3H. The van der Waals surface area contributed by atoms with Crippen LogP contribution in [0.4, 0.5) is 0 Å². The summed E-state index contributed by atoms with van der Waals surface area (Å²) in [6, 6.07) is 7.67. The lowest BCUT2D eigenvalue weighted by atomic mass is 10.0. The van der Waals surface area contributed by atoms with Gasteiger partial charge >= 0.3 is 8.60 Å². The summed E-state index contributed by atoms with van der Waals surface area (Å²) in [5.74, 6) is 0.452. The Morgan fingerprint density at radius 1 is 0.850 bits per heavy atom. The van der Waals surface area contributed by atoms with Gasteiger partial charge in [-0.2, -0.15) is 0 Å². The van der Waals surface area contributed by atoms with Gasteiger partial charge in [-0.1, -0.05) is 63.6 Å². The number of rotatable bonds is 8. The first-order chi connectivity index (χ1) is 9.57. The van der Waals surface area contributed by atoms with Crippen LogP contribution in [0.3, 0.4) is 0 Å². The van der Waals surface area contributed by atoms with E-state index in [0.29, 0.717) is 5.75 Å². The summed E-state index contributed by atoms with van der Waals surface area (Å²) in [6.45, 7) is 2.25. The van der Waals surface area contributed by atoms with Crippen molar-refractivity contribution in [3.05, 3.63) is 29.8 Å². The first-order valence-corrected chi connectivity index (χ1v) is 8.41. The van der Waals surface area contributed by atoms with E-state index >= 15 is 0 Å². The fourth-order valence-electron chi connectivity index (χ4n) is 1.99. The molecular weight excluding hydrogens is 275 g/mol. The quantitative estimate of drug-likeness (QED) is 0.434. The van der Waals surface area contributed by atoms with E-state index in [9.17, 15) is 5.11 Å². The fraction of sp³-hybridized carbons (Fsp3) is 0.600. The Hall–Kier alpha value is -0.670. The third kappa shape index (κ3) is 12.4. The van der Waals surface area contributed by atoms with E-state index in [4.69, 9.17) is 14.7 Å². The topological polar surface area (TPSA) is 80.9 Å². The molecule has 0 saturated heterocycles. The molecule has 0 saturated carbocycles. The predicted octanol–water partition coefficient (Wildman–Crippen LogP) is 3.88. The number of phenols is 1. The van der Waals surface area contributed by atoms with E-state index in [1.54, 1.807) is 6.07 Å². The number of para-hydroxylation sites is 1. The van der Waals surface area contributed by atoms with Crippen LogP contribution in [0.25, 0.3) is 0 Å². The van der Waals surface area contributed by atoms with Crippen LogP contribution in [0, 0.1) is 0 Å².